The second-order valence-corrected chi connectivity index (χ2v) is 6.52. The van der Waals surface area contributed by atoms with Crippen molar-refractivity contribution in [2.75, 3.05) is 0 Å². The summed E-state index contributed by atoms with van der Waals surface area (Å²) in [6.45, 7) is 0. The predicted octanol–water partition coefficient (Wildman–Crippen LogP) is 1.48. The zero-order chi connectivity index (χ0) is 14.8. The standard InChI is InChI=1S/C14H15ClN4O2/c15-6-1-10(9-5-17-19-11(9)2-6)14(21)3-7-8(4-14)12(7)18-13(16)20/h1-2,5,7-8,12,21H,3-4H2,(H,17,19)(H3,16,18,20)/t7-,8+,12+,14+. The van der Waals surface area contributed by atoms with Crippen molar-refractivity contribution >= 4 is 28.5 Å². The van der Waals surface area contributed by atoms with Gasteiger partial charge in [-0.25, -0.2) is 4.79 Å². The number of hydrogen-bond donors (Lipinski definition) is 4. The van der Waals surface area contributed by atoms with Gasteiger partial charge in [-0.15, -0.1) is 0 Å². The van der Waals surface area contributed by atoms with Crippen molar-refractivity contribution in [3.05, 3.63) is 28.9 Å². The summed E-state index contributed by atoms with van der Waals surface area (Å²) in [5.41, 5.74) is 5.86. The molecule has 0 spiro atoms. The van der Waals surface area contributed by atoms with Gasteiger partial charge in [0.2, 0.25) is 0 Å². The normalized spacial score (nSPS) is 33.9. The van der Waals surface area contributed by atoms with E-state index >= 15 is 0 Å². The van der Waals surface area contributed by atoms with E-state index in [2.05, 4.69) is 15.5 Å². The van der Waals surface area contributed by atoms with Gasteiger partial charge in [-0.3, -0.25) is 5.10 Å². The van der Waals surface area contributed by atoms with Crippen LogP contribution in [0.2, 0.25) is 5.02 Å². The third-order valence-corrected chi connectivity index (χ3v) is 5.03. The molecule has 2 aromatic rings. The lowest BCUT2D eigenvalue weighted by molar-refractivity contribution is 0.0299. The third-order valence-electron chi connectivity index (χ3n) is 4.81. The summed E-state index contributed by atoms with van der Waals surface area (Å²) in [5, 5.41) is 22.1. The SMILES string of the molecule is NC(=O)N[C@H]1[C@@H]2C[C@@](O)(c3cc(Cl)cc4[nH]ncc34)C[C@@H]21. The van der Waals surface area contributed by atoms with Gasteiger partial charge in [0.25, 0.3) is 0 Å². The highest BCUT2D eigenvalue weighted by Gasteiger charge is 2.62. The molecule has 5 N–H and O–H groups in total. The molecule has 2 aliphatic rings. The Bertz CT molecular complexity index is 732. The van der Waals surface area contributed by atoms with E-state index in [9.17, 15) is 9.90 Å². The van der Waals surface area contributed by atoms with Crippen LogP contribution in [-0.4, -0.2) is 27.4 Å². The lowest BCUT2D eigenvalue weighted by Gasteiger charge is -2.27. The van der Waals surface area contributed by atoms with Crippen LogP contribution in [0.3, 0.4) is 0 Å². The van der Waals surface area contributed by atoms with Crippen LogP contribution in [0, 0.1) is 11.8 Å². The molecule has 6 nitrogen and oxygen atoms in total. The van der Waals surface area contributed by atoms with Crippen molar-refractivity contribution in [1.29, 1.82) is 0 Å². The first-order chi connectivity index (χ1) is 9.98. The number of benzene rings is 1. The number of rotatable bonds is 2. The second kappa shape index (κ2) is 4.11. The average Bonchev–Trinajstić information content (AvgIpc) is 2.83. The number of nitrogens with zero attached hydrogens (tertiary/aromatic N) is 1. The summed E-state index contributed by atoms with van der Waals surface area (Å²) in [6.07, 6.45) is 2.91. The molecule has 2 amide bonds. The van der Waals surface area contributed by atoms with Gasteiger partial charge in [0.15, 0.2) is 0 Å². The molecule has 0 saturated heterocycles. The fourth-order valence-electron chi connectivity index (χ4n) is 3.86. The summed E-state index contributed by atoms with van der Waals surface area (Å²) < 4.78 is 0. The zero-order valence-corrected chi connectivity index (χ0v) is 11.9. The summed E-state index contributed by atoms with van der Waals surface area (Å²) in [7, 11) is 0. The van der Waals surface area contributed by atoms with Crippen LogP contribution >= 0.6 is 11.6 Å². The zero-order valence-electron chi connectivity index (χ0n) is 11.1. The Balaban J connectivity index is 1.65. The molecule has 0 unspecified atom stereocenters. The van der Waals surface area contributed by atoms with Crippen LogP contribution in [0.4, 0.5) is 4.79 Å². The van der Waals surface area contributed by atoms with Crippen LogP contribution in [0.1, 0.15) is 18.4 Å². The first-order valence-electron chi connectivity index (χ1n) is 6.89. The number of carbonyl (C=O) groups is 1. The van der Waals surface area contributed by atoms with E-state index < -0.39 is 11.6 Å². The highest BCUT2D eigenvalue weighted by molar-refractivity contribution is 6.31. The number of nitrogens with two attached hydrogens (primary N) is 1. The second-order valence-electron chi connectivity index (χ2n) is 6.09. The van der Waals surface area contributed by atoms with Crippen molar-refractivity contribution in [3.8, 4) is 0 Å². The lowest BCUT2D eigenvalue weighted by Crippen LogP contribution is -2.36. The van der Waals surface area contributed by atoms with E-state index in [0.717, 1.165) is 16.5 Å². The predicted molar refractivity (Wildman–Crippen MR) is 77.7 cm³/mol. The molecule has 0 aliphatic heterocycles. The molecule has 2 fully saturated rings. The van der Waals surface area contributed by atoms with Crippen molar-refractivity contribution in [3.63, 3.8) is 0 Å². The molecular weight excluding hydrogens is 292 g/mol. The Morgan fingerprint density at radius 2 is 2.19 bits per heavy atom. The highest BCUT2D eigenvalue weighted by atomic mass is 35.5. The van der Waals surface area contributed by atoms with Crippen LogP contribution < -0.4 is 11.1 Å². The molecule has 1 heterocycles. The monoisotopic (exact) mass is 306 g/mol. The van der Waals surface area contributed by atoms with E-state index in [0.29, 0.717) is 17.9 Å². The number of aliphatic hydroxyl groups is 1. The molecule has 110 valence electrons. The van der Waals surface area contributed by atoms with E-state index in [-0.39, 0.29) is 17.9 Å². The maximum Gasteiger partial charge on any atom is 0.312 e. The van der Waals surface area contributed by atoms with E-state index in [1.807, 2.05) is 0 Å². The molecule has 21 heavy (non-hydrogen) atoms. The van der Waals surface area contributed by atoms with E-state index in [4.69, 9.17) is 17.3 Å². The summed E-state index contributed by atoms with van der Waals surface area (Å²) in [6, 6.07) is 3.20. The van der Waals surface area contributed by atoms with Gasteiger partial charge >= 0.3 is 6.03 Å². The fourth-order valence-corrected chi connectivity index (χ4v) is 4.08. The molecule has 1 aromatic heterocycles. The topological polar surface area (TPSA) is 104 Å². The van der Waals surface area contributed by atoms with Gasteiger partial charge in [0.05, 0.1) is 17.3 Å². The lowest BCUT2D eigenvalue weighted by atomic mass is 9.86. The Kier molecular flexibility index (Phi) is 2.53. The van der Waals surface area contributed by atoms with Crippen LogP contribution in [0.5, 0.6) is 0 Å². The first-order valence-corrected chi connectivity index (χ1v) is 7.27. The largest absolute Gasteiger partial charge is 0.385 e. The minimum atomic E-state index is -0.918. The van der Waals surface area contributed by atoms with Crippen LogP contribution in [-0.2, 0) is 5.60 Å². The van der Waals surface area contributed by atoms with Crippen molar-refractivity contribution < 1.29 is 9.90 Å². The highest BCUT2D eigenvalue weighted by Crippen LogP contribution is 2.60. The molecule has 7 heteroatoms. The van der Waals surface area contributed by atoms with Gasteiger partial charge in [-0.05, 0) is 42.4 Å². The van der Waals surface area contributed by atoms with E-state index in [1.54, 1.807) is 18.3 Å². The number of primary amides is 1. The molecule has 0 bridgehead atoms. The number of urea groups is 1. The van der Waals surface area contributed by atoms with Crippen molar-refractivity contribution in [2.24, 2.45) is 17.6 Å². The van der Waals surface area contributed by atoms with Crippen LogP contribution in [0.25, 0.3) is 10.9 Å². The van der Waals surface area contributed by atoms with Gasteiger partial charge in [-0.2, -0.15) is 5.10 Å². The van der Waals surface area contributed by atoms with Gasteiger partial charge in [0.1, 0.15) is 0 Å². The maximum atomic E-state index is 11.0. The number of fused-ring (bicyclic) bond motifs is 2. The minimum absolute atomic E-state index is 0.0989. The average molecular weight is 307 g/mol. The number of H-pyrrole nitrogens is 1. The molecule has 4 rings (SSSR count). The fraction of sp³-hybridized carbons (Fsp3) is 0.429. The number of aromatic nitrogens is 2. The summed E-state index contributed by atoms with van der Waals surface area (Å²) in [5.74, 6) is 0.562. The Morgan fingerprint density at radius 3 is 2.86 bits per heavy atom. The smallest absolute Gasteiger partial charge is 0.312 e. The van der Waals surface area contributed by atoms with Gasteiger partial charge in [0, 0.05) is 16.5 Å². The quantitative estimate of drug-likeness (QED) is 0.675. The molecule has 2 saturated carbocycles. The molecule has 2 aliphatic carbocycles. The maximum absolute atomic E-state index is 11.0. The Hall–Kier alpha value is -1.79. The number of hydrogen-bond acceptors (Lipinski definition) is 3. The molecule has 1 aromatic carbocycles. The van der Waals surface area contributed by atoms with Crippen molar-refractivity contribution in [1.82, 2.24) is 15.5 Å². The number of amides is 2. The molecule has 4 atom stereocenters. The Labute approximate surface area is 125 Å². The number of halogens is 1. The number of nitrogens with one attached hydrogen (secondary N) is 2. The van der Waals surface area contributed by atoms with Gasteiger partial charge in [-0.1, -0.05) is 11.6 Å². The molecular formula is C14H15ClN4O2. The van der Waals surface area contributed by atoms with E-state index in [1.165, 1.54) is 0 Å². The third kappa shape index (κ3) is 1.90. The number of carbonyl (C=O) groups excluding carboxylic acids is 1. The summed E-state index contributed by atoms with van der Waals surface area (Å²) >= 11 is 6.13. The van der Waals surface area contributed by atoms with Crippen molar-refractivity contribution in [2.45, 2.75) is 24.5 Å². The minimum Gasteiger partial charge on any atom is -0.385 e. The van der Waals surface area contributed by atoms with Gasteiger partial charge < -0.3 is 16.2 Å². The van der Waals surface area contributed by atoms with Crippen LogP contribution in [0.15, 0.2) is 18.3 Å². The summed E-state index contributed by atoms with van der Waals surface area (Å²) in [4.78, 5) is 10.9. The number of aromatic amines is 1. The Morgan fingerprint density at radius 1 is 1.48 bits per heavy atom. The first kappa shape index (κ1) is 12.9. The molecule has 0 radical (unpaired) electrons.